The molecule has 2 heteroatoms. The zero-order valence-corrected chi connectivity index (χ0v) is 13.1. The highest BCUT2D eigenvalue weighted by Crippen LogP contribution is 2.10. The van der Waals surface area contributed by atoms with Gasteiger partial charge in [0.05, 0.1) is 0 Å². The molecule has 0 atom stereocenters. The van der Waals surface area contributed by atoms with Gasteiger partial charge in [0.15, 0.2) is 0 Å². The number of rotatable bonds is 10. The van der Waals surface area contributed by atoms with Crippen LogP contribution in [-0.2, 0) is 6.54 Å². The Hall–Kier alpha value is -0.340. The molecule has 0 fully saturated rings. The molecule has 0 aliphatic rings. The van der Waals surface area contributed by atoms with Crippen LogP contribution >= 0.6 is 15.9 Å². The van der Waals surface area contributed by atoms with Crippen molar-refractivity contribution in [3.8, 4) is 0 Å². The minimum Gasteiger partial charge on any atom is -0.313 e. The van der Waals surface area contributed by atoms with Crippen molar-refractivity contribution in [2.45, 2.75) is 58.4 Å². The molecule has 0 saturated carbocycles. The standard InChI is InChI=1S/C16H26BrN/c1-2-3-4-5-6-7-8-13-18-14-15-9-11-16(17)12-10-15/h9-12,18H,2-8,13-14H2,1H3. The zero-order valence-electron chi connectivity index (χ0n) is 11.6. The van der Waals surface area contributed by atoms with Crippen molar-refractivity contribution in [2.75, 3.05) is 6.54 Å². The van der Waals surface area contributed by atoms with Crippen LogP contribution in [0.4, 0.5) is 0 Å². The van der Waals surface area contributed by atoms with Gasteiger partial charge < -0.3 is 5.32 Å². The molecule has 0 spiro atoms. The van der Waals surface area contributed by atoms with Crippen molar-refractivity contribution in [3.05, 3.63) is 34.3 Å². The van der Waals surface area contributed by atoms with E-state index in [-0.39, 0.29) is 0 Å². The number of nitrogens with one attached hydrogen (secondary N) is 1. The van der Waals surface area contributed by atoms with Gasteiger partial charge in [0.25, 0.3) is 0 Å². The van der Waals surface area contributed by atoms with Crippen molar-refractivity contribution in [1.29, 1.82) is 0 Å². The average molecular weight is 312 g/mol. The number of benzene rings is 1. The van der Waals surface area contributed by atoms with Gasteiger partial charge in [-0.2, -0.15) is 0 Å². The first kappa shape index (κ1) is 15.7. The zero-order chi connectivity index (χ0) is 13.1. The van der Waals surface area contributed by atoms with Gasteiger partial charge in [-0.15, -0.1) is 0 Å². The van der Waals surface area contributed by atoms with Crippen molar-refractivity contribution in [2.24, 2.45) is 0 Å². The monoisotopic (exact) mass is 311 g/mol. The molecule has 1 N–H and O–H groups in total. The van der Waals surface area contributed by atoms with Crippen LogP contribution in [0.5, 0.6) is 0 Å². The third-order valence-corrected chi connectivity index (χ3v) is 3.73. The Labute approximate surface area is 120 Å². The van der Waals surface area contributed by atoms with E-state index in [0.717, 1.165) is 17.6 Å². The molecule has 0 aliphatic carbocycles. The lowest BCUT2D eigenvalue weighted by molar-refractivity contribution is 0.562. The van der Waals surface area contributed by atoms with E-state index in [4.69, 9.17) is 0 Å². The van der Waals surface area contributed by atoms with Crippen LogP contribution in [-0.4, -0.2) is 6.54 Å². The summed E-state index contributed by atoms with van der Waals surface area (Å²) in [6, 6.07) is 8.54. The molecule has 0 unspecified atom stereocenters. The summed E-state index contributed by atoms with van der Waals surface area (Å²) in [5, 5.41) is 3.51. The molecule has 102 valence electrons. The molecule has 18 heavy (non-hydrogen) atoms. The molecule has 0 bridgehead atoms. The fourth-order valence-corrected chi connectivity index (χ4v) is 2.31. The van der Waals surface area contributed by atoms with E-state index in [0.29, 0.717) is 0 Å². The van der Waals surface area contributed by atoms with Crippen molar-refractivity contribution in [3.63, 3.8) is 0 Å². The van der Waals surface area contributed by atoms with Crippen LogP contribution in [0.3, 0.4) is 0 Å². The summed E-state index contributed by atoms with van der Waals surface area (Å²) in [6.45, 7) is 4.40. The van der Waals surface area contributed by atoms with Crippen LogP contribution in [0.25, 0.3) is 0 Å². The molecular weight excluding hydrogens is 286 g/mol. The lowest BCUT2D eigenvalue weighted by Crippen LogP contribution is -2.14. The van der Waals surface area contributed by atoms with Crippen molar-refractivity contribution >= 4 is 15.9 Å². The van der Waals surface area contributed by atoms with Crippen molar-refractivity contribution < 1.29 is 0 Å². The number of hydrogen-bond acceptors (Lipinski definition) is 1. The summed E-state index contributed by atoms with van der Waals surface area (Å²) >= 11 is 3.45. The average Bonchev–Trinajstić information content (AvgIpc) is 2.39. The third kappa shape index (κ3) is 7.88. The Bertz CT molecular complexity index is 294. The Morgan fingerprint density at radius 3 is 2.17 bits per heavy atom. The molecule has 0 saturated heterocycles. The summed E-state index contributed by atoms with van der Waals surface area (Å²) in [5.74, 6) is 0. The fourth-order valence-electron chi connectivity index (χ4n) is 2.04. The maximum Gasteiger partial charge on any atom is 0.0205 e. The number of hydrogen-bond donors (Lipinski definition) is 1. The first-order valence-electron chi connectivity index (χ1n) is 7.28. The molecule has 1 aromatic carbocycles. The summed E-state index contributed by atoms with van der Waals surface area (Å²) in [4.78, 5) is 0. The second-order valence-corrected chi connectivity index (χ2v) is 5.84. The highest BCUT2D eigenvalue weighted by atomic mass is 79.9. The summed E-state index contributed by atoms with van der Waals surface area (Å²) < 4.78 is 1.15. The van der Waals surface area contributed by atoms with Crippen LogP contribution in [0.2, 0.25) is 0 Å². The molecule has 0 heterocycles. The van der Waals surface area contributed by atoms with Gasteiger partial charge >= 0.3 is 0 Å². The molecule has 0 amide bonds. The number of halogens is 1. The Balaban J connectivity index is 1.91. The minimum atomic E-state index is 0.989. The maximum absolute atomic E-state index is 3.51. The highest BCUT2D eigenvalue weighted by Gasteiger charge is 1.93. The van der Waals surface area contributed by atoms with E-state index in [9.17, 15) is 0 Å². The summed E-state index contributed by atoms with van der Waals surface area (Å²) in [5.41, 5.74) is 1.36. The van der Waals surface area contributed by atoms with Gasteiger partial charge in [-0.1, -0.05) is 73.5 Å². The molecule has 0 aromatic heterocycles. The van der Waals surface area contributed by atoms with Crippen LogP contribution in [0.1, 0.15) is 57.4 Å². The smallest absolute Gasteiger partial charge is 0.0205 e. The predicted octanol–water partition coefficient (Wildman–Crippen LogP) is 5.29. The topological polar surface area (TPSA) is 12.0 Å². The lowest BCUT2D eigenvalue weighted by atomic mass is 10.1. The first-order chi connectivity index (χ1) is 8.83. The SMILES string of the molecule is CCCCCCCCCNCc1ccc(Br)cc1. The van der Waals surface area contributed by atoms with E-state index in [1.54, 1.807) is 0 Å². The van der Waals surface area contributed by atoms with E-state index in [1.807, 2.05) is 0 Å². The van der Waals surface area contributed by atoms with Crippen molar-refractivity contribution in [1.82, 2.24) is 5.32 Å². The van der Waals surface area contributed by atoms with Crippen LogP contribution in [0.15, 0.2) is 28.7 Å². The van der Waals surface area contributed by atoms with Gasteiger partial charge in [0, 0.05) is 11.0 Å². The second-order valence-electron chi connectivity index (χ2n) is 4.92. The van der Waals surface area contributed by atoms with E-state index >= 15 is 0 Å². The van der Waals surface area contributed by atoms with Gasteiger partial charge in [0.1, 0.15) is 0 Å². The largest absolute Gasteiger partial charge is 0.313 e. The Morgan fingerprint density at radius 2 is 1.50 bits per heavy atom. The Morgan fingerprint density at radius 1 is 0.889 bits per heavy atom. The Kier molecular flexibility index (Phi) is 9.23. The summed E-state index contributed by atoms with van der Waals surface area (Å²) in [6.07, 6.45) is 9.67. The van der Waals surface area contributed by atoms with Crippen LogP contribution < -0.4 is 5.32 Å². The molecular formula is C16H26BrN. The lowest BCUT2D eigenvalue weighted by Gasteiger charge is -2.05. The first-order valence-corrected chi connectivity index (χ1v) is 8.07. The summed E-state index contributed by atoms with van der Waals surface area (Å²) in [7, 11) is 0. The normalized spacial score (nSPS) is 10.8. The maximum atomic E-state index is 3.51. The van der Waals surface area contributed by atoms with E-state index < -0.39 is 0 Å². The molecule has 0 radical (unpaired) electrons. The van der Waals surface area contributed by atoms with E-state index in [2.05, 4.69) is 52.4 Å². The second kappa shape index (κ2) is 10.6. The molecule has 1 aromatic rings. The van der Waals surface area contributed by atoms with Gasteiger partial charge in [-0.05, 0) is 30.7 Å². The van der Waals surface area contributed by atoms with Gasteiger partial charge in [-0.3, -0.25) is 0 Å². The molecule has 1 rings (SSSR count). The third-order valence-electron chi connectivity index (χ3n) is 3.20. The molecule has 0 aliphatic heterocycles. The highest BCUT2D eigenvalue weighted by molar-refractivity contribution is 9.10. The van der Waals surface area contributed by atoms with Crippen LogP contribution in [0, 0.1) is 0 Å². The number of unbranched alkanes of at least 4 members (excludes halogenated alkanes) is 6. The molecule has 1 nitrogen and oxygen atoms in total. The van der Waals surface area contributed by atoms with Gasteiger partial charge in [-0.25, -0.2) is 0 Å². The predicted molar refractivity (Wildman–Crippen MR) is 83.8 cm³/mol. The minimum absolute atomic E-state index is 0.989. The quantitative estimate of drug-likeness (QED) is 0.579. The van der Waals surface area contributed by atoms with E-state index in [1.165, 1.54) is 50.5 Å². The van der Waals surface area contributed by atoms with Gasteiger partial charge in [0.2, 0.25) is 0 Å². The fraction of sp³-hybridized carbons (Fsp3) is 0.625.